The number of nitrogens with two attached hydrogens (primary N) is 1. The Hall–Kier alpha value is -3.44. The molecule has 0 spiro atoms. The molecule has 30 heavy (non-hydrogen) atoms. The molecule has 8 heteroatoms. The molecule has 0 aliphatic carbocycles. The molecular formula is C22H26N6O2. The third-order valence-electron chi connectivity index (χ3n) is 5.39. The zero-order chi connectivity index (χ0) is 21.5. The van der Waals surface area contributed by atoms with Crippen molar-refractivity contribution in [1.82, 2.24) is 20.1 Å². The topological polar surface area (TPSA) is 115 Å². The van der Waals surface area contributed by atoms with Gasteiger partial charge in [-0.3, -0.25) is 14.7 Å². The molecule has 1 fully saturated rings. The Kier molecular flexibility index (Phi) is 6.99. The van der Waals surface area contributed by atoms with Crippen LogP contribution in [-0.2, 0) is 4.79 Å². The van der Waals surface area contributed by atoms with Gasteiger partial charge in [-0.2, -0.15) is 5.26 Å². The number of nitrogens with zero attached hydrogens (tertiary/aromatic N) is 4. The second-order valence-electron chi connectivity index (χ2n) is 7.30. The summed E-state index contributed by atoms with van der Waals surface area (Å²) in [5.41, 5.74) is 7.87. The summed E-state index contributed by atoms with van der Waals surface area (Å²) < 4.78 is 0. The SMILES string of the molecule is Cc1ncccc1C(C#N)N1CCN(C(=O)CC(NC(N)=O)c2ccccc2)CC1. The average Bonchev–Trinajstić information content (AvgIpc) is 2.76. The standard InChI is InChI=1S/C22H26N6O2/c1-16-18(8-5-9-25-16)20(15-23)27-10-12-28(13-11-27)21(29)14-19(26-22(24)30)17-6-3-2-4-7-17/h2-9,19-20H,10-14H2,1H3,(H3,24,26,30). The van der Waals surface area contributed by atoms with Crippen molar-refractivity contribution in [3.63, 3.8) is 0 Å². The van der Waals surface area contributed by atoms with E-state index in [1.165, 1.54) is 0 Å². The lowest BCUT2D eigenvalue weighted by Gasteiger charge is -2.37. The van der Waals surface area contributed by atoms with Gasteiger partial charge < -0.3 is 16.0 Å². The number of urea groups is 1. The molecule has 156 valence electrons. The first-order chi connectivity index (χ1) is 14.5. The molecule has 8 nitrogen and oxygen atoms in total. The van der Waals surface area contributed by atoms with Crippen LogP contribution in [0.25, 0.3) is 0 Å². The normalized spacial score (nSPS) is 16.3. The summed E-state index contributed by atoms with van der Waals surface area (Å²) in [5, 5.41) is 12.4. The van der Waals surface area contributed by atoms with Crippen molar-refractivity contribution >= 4 is 11.9 Å². The number of amides is 3. The van der Waals surface area contributed by atoms with Crippen LogP contribution in [-0.4, -0.2) is 52.9 Å². The maximum atomic E-state index is 12.9. The second kappa shape index (κ2) is 9.85. The van der Waals surface area contributed by atoms with Crippen LogP contribution in [0, 0.1) is 18.3 Å². The number of primary amides is 1. The van der Waals surface area contributed by atoms with Gasteiger partial charge in [-0.25, -0.2) is 4.79 Å². The highest BCUT2D eigenvalue weighted by molar-refractivity contribution is 5.79. The minimum Gasteiger partial charge on any atom is -0.352 e. The summed E-state index contributed by atoms with van der Waals surface area (Å²) in [4.78, 5) is 32.4. The van der Waals surface area contributed by atoms with Gasteiger partial charge in [0.1, 0.15) is 6.04 Å². The molecule has 3 rings (SSSR count). The van der Waals surface area contributed by atoms with Crippen LogP contribution in [0.2, 0.25) is 0 Å². The quantitative estimate of drug-likeness (QED) is 0.760. The first kappa shape index (κ1) is 21.3. The molecule has 1 aromatic carbocycles. The summed E-state index contributed by atoms with van der Waals surface area (Å²) in [6.45, 7) is 4.13. The molecule has 1 aliphatic rings. The van der Waals surface area contributed by atoms with Crippen LogP contribution in [0.1, 0.15) is 35.3 Å². The Bertz CT molecular complexity index is 919. The number of nitriles is 1. The molecule has 0 saturated carbocycles. The monoisotopic (exact) mass is 406 g/mol. The highest BCUT2D eigenvalue weighted by atomic mass is 16.2. The highest BCUT2D eigenvalue weighted by Gasteiger charge is 2.29. The lowest BCUT2D eigenvalue weighted by atomic mass is 10.0. The molecule has 1 aliphatic heterocycles. The summed E-state index contributed by atoms with van der Waals surface area (Å²) in [6.07, 6.45) is 1.85. The summed E-state index contributed by atoms with van der Waals surface area (Å²) in [6, 6.07) is 13.9. The third kappa shape index (κ3) is 5.13. The highest BCUT2D eigenvalue weighted by Crippen LogP contribution is 2.24. The molecule has 3 N–H and O–H groups in total. The molecule has 1 saturated heterocycles. The lowest BCUT2D eigenvalue weighted by Crippen LogP contribution is -2.50. The fraction of sp³-hybridized carbons (Fsp3) is 0.364. The number of hydrogen-bond donors (Lipinski definition) is 2. The van der Waals surface area contributed by atoms with Gasteiger partial charge in [0, 0.05) is 43.6 Å². The van der Waals surface area contributed by atoms with Gasteiger partial charge in [-0.15, -0.1) is 0 Å². The average molecular weight is 406 g/mol. The number of carbonyl (C=O) groups is 2. The number of pyridine rings is 1. The van der Waals surface area contributed by atoms with Gasteiger partial charge in [-0.05, 0) is 18.6 Å². The fourth-order valence-electron chi connectivity index (χ4n) is 3.78. The van der Waals surface area contributed by atoms with E-state index in [9.17, 15) is 14.9 Å². The van der Waals surface area contributed by atoms with E-state index in [1.807, 2.05) is 49.4 Å². The van der Waals surface area contributed by atoms with Crippen molar-refractivity contribution in [2.75, 3.05) is 26.2 Å². The third-order valence-corrected chi connectivity index (χ3v) is 5.39. The van der Waals surface area contributed by atoms with Gasteiger partial charge >= 0.3 is 6.03 Å². The van der Waals surface area contributed by atoms with Gasteiger partial charge in [-0.1, -0.05) is 36.4 Å². The summed E-state index contributed by atoms with van der Waals surface area (Å²) in [7, 11) is 0. The number of nitrogens with one attached hydrogen (secondary N) is 1. The zero-order valence-electron chi connectivity index (χ0n) is 17.0. The van der Waals surface area contributed by atoms with Crippen molar-refractivity contribution < 1.29 is 9.59 Å². The van der Waals surface area contributed by atoms with E-state index < -0.39 is 12.1 Å². The first-order valence-electron chi connectivity index (χ1n) is 9.93. The van der Waals surface area contributed by atoms with Crippen LogP contribution in [0.3, 0.4) is 0 Å². The Morgan fingerprint density at radius 1 is 1.17 bits per heavy atom. The molecule has 0 radical (unpaired) electrons. The molecule has 2 heterocycles. The number of aromatic nitrogens is 1. The van der Waals surface area contributed by atoms with Crippen LogP contribution in [0.5, 0.6) is 0 Å². The lowest BCUT2D eigenvalue weighted by molar-refractivity contribution is -0.133. The van der Waals surface area contributed by atoms with Crippen molar-refractivity contribution in [2.24, 2.45) is 5.73 Å². The maximum absolute atomic E-state index is 12.9. The molecule has 1 aromatic heterocycles. The minimum atomic E-state index is -0.662. The van der Waals surface area contributed by atoms with E-state index in [0.29, 0.717) is 26.2 Å². The number of piperazine rings is 1. The smallest absolute Gasteiger partial charge is 0.312 e. The van der Waals surface area contributed by atoms with E-state index in [-0.39, 0.29) is 18.4 Å². The van der Waals surface area contributed by atoms with E-state index in [1.54, 1.807) is 11.1 Å². The zero-order valence-corrected chi connectivity index (χ0v) is 17.0. The van der Waals surface area contributed by atoms with E-state index in [0.717, 1.165) is 16.8 Å². The number of aryl methyl sites for hydroxylation is 1. The Morgan fingerprint density at radius 3 is 2.47 bits per heavy atom. The van der Waals surface area contributed by atoms with E-state index in [2.05, 4.69) is 21.3 Å². The van der Waals surface area contributed by atoms with Crippen LogP contribution >= 0.6 is 0 Å². The predicted molar refractivity (Wildman–Crippen MR) is 112 cm³/mol. The molecule has 0 bridgehead atoms. The molecule has 2 unspecified atom stereocenters. The van der Waals surface area contributed by atoms with E-state index in [4.69, 9.17) is 5.73 Å². The molecule has 2 atom stereocenters. The second-order valence-corrected chi connectivity index (χ2v) is 7.30. The number of rotatable bonds is 6. The van der Waals surface area contributed by atoms with Crippen molar-refractivity contribution in [2.45, 2.75) is 25.4 Å². The van der Waals surface area contributed by atoms with Gasteiger partial charge in [0.25, 0.3) is 0 Å². The van der Waals surface area contributed by atoms with E-state index >= 15 is 0 Å². The fourth-order valence-corrected chi connectivity index (χ4v) is 3.78. The van der Waals surface area contributed by atoms with Crippen LogP contribution < -0.4 is 11.1 Å². The van der Waals surface area contributed by atoms with Crippen molar-refractivity contribution in [1.29, 1.82) is 5.26 Å². The number of hydrogen-bond acceptors (Lipinski definition) is 5. The van der Waals surface area contributed by atoms with Gasteiger partial charge in [0.05, 0.1) is 18.5 Å². The van der Waals surface area contributed by atoms with Gasteiger partial charge in [0.2, 0.25) is 5.91 Å². The van der Waals surface area contributed by atoms with Crippen LogP contribution in [0.4, 0.5) is 4.79 Å². The molecule has 3 amide bonds. The Morgan fingerprint density at radius 2 is 1.87 bits per heavy atom. The number of benzene rings is 1. The predicted octanol–water partition coefficient (Wildman–Crippen LogP) is 1.90. The molecular weight excluding hydrogens is 380 g/mol. The first-order valence-corrected chi connectivity index (χ1v) is 9.93. The van der Waals surface area contributed by atoms with Gasteiger partial charge in [0.15, 0.2) is 0 Å². The number of carbonyl (C=O) groups excluding carboxylic acids is 2. The summed E-state index contributed by atoms with van der Waals surface area (Å²) >= 11 is 0. The van der Waals surface area contributed by atoms with Crippen molar-refractivity contribution in [3.05, 3.63) is 65.5 Å². The summed E-state index contributed by atoms with van der Waals surface area (Å²) in [5.74, 6) is -0.0525. The maximum Gasteiger partial charge on any atom is 0.312 e. The Balaban J connectivity index is 1.62. The van der Waals surface area contributed by atoms with Crippen LogP contribution in [0.15, 0.2) is 48.7 Å². The Labute approximate surface area is 176 Å². The minimum absolute atomic E-state index is 0.0525. The van der Waals surface area contributed by atoms with Crippen molar-refractivity contribution in [3.8, 4) is 6.07 Å². The molecule has 2 aromatic rings. The largest absolute Gasteiger partial charge is 0.352 e.